The number of furan rings is 1. The van der Waals surface area contributed by atoms with Crippen LogP contribution in [0.25, 0.3) is 0 Å². The average molecular weight is 482 g/mol. The lowest BCUT2D eigenvalue weighted by atomic mass is 10.1. The van der Waals surface area contributed by atoms with Crippen molar-refractivity contribution in [2.24, 2.45) is 11.0 Å². The molecule has 2 heterocycles. The van der Waals surface area contributed by atoms with Gasteiger partial charge in [0, 0.05) is 11.6 Å². The number of benzene rings is 1. The van der Waals surface area contributed by atoms with Gasteiger partial charge in [-0.2, -0.15) is 10.2 Å². The highest BCUT2D eigenvalue weighted by molar-refractivity contribution is 6.31. The third-order valence-corrected chi connectivity index (χ3v) is 6.65. The highest BCUT2D eigenvalue weighted by Gasteiger charge is 2.22. The standard InChI is InChI=1S/C25H28ClN5O3/c1-15(18-8-10-20(11-9-18)27-24(32)19-6-4-5-7-19)28-29-25(33)22-13-12-21(34-22)14-31-17(3)23(26)16(2)30-31/h8-13,19H,4-7,14H2,1-3H3,(H,27,32)(H,29,33)/b28-15+. The van der Waals surface area contributed by atoms with Gasteiger partial charge in [0.1, 0.15) is 5.76 Å². The number of amides is 2. The Labute approximate surface area is 203 Å². The largest absolute Gasteiger partial charge is 0.454 e. The van der Waals surface area contributed by atoms with Crippen LogP contribution in [0.15, 0.2) is 45.9 Å². The molecule has 3 aromatic rings. The fraction of sp³-hybridized carbons (Fsp3) is 0.360. The maximum absolute atomic E-state index is 12.5. The molecule has 0 radical (unpaired) electrons. The Kier molecular flexibility index (Phi) is 7.17. The Bertz CT molecular complexity index is 1220. The maximum atomic E-state index is 12.5. The van der Waals surface area contributed by atoms with Gasteiger partial charge in [-0.3, -0.25) is 14.3 Å². The summed E-state index contributed by atoms with van der Waals surface area (Å²) >= 11 is 6.19. The summed E-state index contributed by atoms with van der Waals surface area (Å²) in [6.45, 7) is 5.89. The lowest BCUT2D eigenvalue weighted by Crippen LogP contribution is -2.20. The minimum atomic E-state index is -0.447. The number of hydrogen-bond donors (Lipinski definition) is 2. The molecule has 178 valence electrons. The number of hydrazone groups is 1. The fourth-order valence-electron chi connectivity index (χ4n) is 4.04. The molecule has 2 aromatic heterocycles. The van der Waals surface area contributed by atoms with E-state index < -0.39 is 5.91 Å². The van der Waals surface area contributed by atoms with E-state index in [-0.39, 0.29) is 17.6 Å². The van der Waals surface area contributed by atoms with E-state index in [1.54, 1.807) is 23.7 Å². The lowest BCUT2D eigenvalue weighted by molar-refractivity contribution is -0.119. The SMILES string of the molecule is C/C(=N\NC(=O)c1ccc(Cn2nc(C)c(Cl)c2C)o1)c1ccc(NC(=O)C2CCCC2)cc1. The van der Waals surface area contributed by atoms with Crippen LogP contribution in [0.1, 0.15) is 65.9 Å². The molecule has 1 aliphatic rings. The number of rotatable bonds is 7. The molecule has 1 saturated carbocycles. The van der Waals surface area contributed by atoms with Crippen LogP contribution in [0.2, 0.25) is 5.02 Å². The summed E-state index contributed by atoms with van der Waals surface area (Å²) in [4.78, 5) is 24.8. The minimum Gasteiger partial charge on any atom is -0.454 e. The lowest BCUT2D eigenvalue weighted by Gasteiger charge is -2.10. The van der Waals surface area contributed by atoms with Gasteiger partial charge in [-0.15, -0.1) is 0 Å². The van der Waals surface area contributed by atoms with Crippen molar-refractivity contribution in [3.05, 3.63) is 69.9 Å². The number of nitrogens with one attached hydrogen (secondary N) is 2. The number of hydrogen-bond acceptors (Lipinski definition) is 5. The average Bonchev–Trinajstić information content (AvgIpc) is 3.58. The van der Waals surface area contributed by atoms with Crippen molar-refractivity contribution < 1.29 is 14.0 Å². The molecule has 0 unspecified atom stereocenters. The Morgan fingerprint density at radius 2 is 1.85 bits per heavy atom. The summed E-state index contributed by atoms with van der Waals surface area (Å²) in [6.07, 6.45) is 4.17. The van der Waals surface area contributed by atoms with Crippen LogP contribution in [-0.2, 0) is 11.3 Å². The minimum absolute atomic E-state index is 0.0849. The van der Waals surface area contributed by atoms with Gasteiger partial charge in [-0.05, 0) is 63.4 Å². The van der Waals surface area contributed by atoms with Crippen molar-refractivity contribution in [2.75, 3.05) is 5.32 Å². The molecule has 4 rings (SSSR count). The van der Waals surface area contributed by atoms with Crippen LogP contribution < -0.4 is 10.7 Å². The molecule has 9 heteroatoms. The molecule has 2 N–H and O–H groups in total. The van der Waals surface area contributed by atoms with Crippen LogP contribution in [0, 0.1) is 19.8 Å². The van der Waals surface area contributed by atoms with E-state index in [2.05, 4.69) is 20.9 Å². The first kappa shape index (κ1) is 23.8. The molecular weight excluding hydrogens is 454 g/mol. The third kappa shape index (κ3) is 5.39. The first-order valence-corrected chi connectivity index (χ1v) is 11.7. The van der Waals surface area contributed by atoms with Crippen LogP contribution in [0.5, 0.6) is 0 Å². The van der Waals surface area contributed by atoms with Crippen LogP contribution in [-0.4, -0.2) is 27.3 Å². The predicted molar refractivity (Wildman–Crippen MR) is 131 cm³/mol. The first-order valence-electron chi connectivity index (χ1n) is 11.4. The molecular formula is C25H28ClN5O3. The van der Waals surface area contributed by atoms with Crippen molar-refractivity contribution in [3.8, 4) is 0 Å². The van der Waals surface area contributed by atoms with Crippen molar-refractivity contribution in [1.29, 1.82) is 0 Å². The van der Waals surface area contributed by atoms with E-state index in [0.29, 0.717) is 23.0 Å². The van der Waals surface area contributed by atoms with Crippen LogP contribution in [0.4, 0.5) is 5.69 Å². The van der Waals surface area contributed by atoms with Gasteiger partial charge in [0.05, 0.1) is 28.7 Å². The zero-order chi connectivity index (χ0) is 24.2. The summed E-state index contributed by atoms with van der Waals surface area (Å²) in [5.74, 6) is 0.498. The summed E-state index contributed by atoms with van der Waals surface area (Å²) in [5, 5.41) is 12.2. The van der Waals surface area contributed by atoms with Gasteiger partial charge >= 0.3 is 5.91 Å². The molecule has 1 aliphatic carbocycles. The van der Waals surface area contributed by atoms with E-state index >= 15 is 0 Å². The number of nitrogens with zero attached hydrogens (tertiary/aromatic N) is 3. The number of aryl methyl sites for hydroxylation is 1. The summed E-state index contributed by atoms with van der Waals surface area (Å²) in [6, 6.07) is 10.7. The number of aromatic nitrogens is 2. The second kappa shape index (κ2) is 10.3. The summed E-state index contributed by atoms with van der Waals surface area (Å²) < 4.78 is 7.40. The van der Waals surface area contributed by atoms with E-state index in [1.165, 1.54) is 0 Å². The molecule has 0 aliphatic heterocycles. The molecule has 8 nitrogen and oxygen atoms in total. The van der Waals surface area contributed by atoms with Gasteiger partial charge in [0.15, 0.2) is 5.76 Å². The second-order valence-corrected chi connectivity index (χ2v) is 8.97. The first-order chi connectivity index (χ1) is 16.3. The highest BCUT2D eigenvalue weighted by Crippen LogP contribution is 2.26. The monoisotopic (exact) mass is 481 g/mol. The summed E-state index contributed by atoms with van der Waals surface area (Å²) in [7, 11) is 0. The highest BCUT2D eigenvalue weighted by atomic mass is 35.5. The number of carbonyl (C=O) groups excluding carboxylic acids is 2. The number of anilines is 1. The molecule has 0 spiro atoms. The van der Waals surface area contributed by atoms with Gasteiger partial charge in [0.25, 0.3) is 0 Å². The second-order valence-electron chi connectivity index (χ2n) is 8.59. The Hall–Kier alpha value is -3.39. The van der Waals surface area contributed by atoms with Gasteiger partial charge in [0.2, 0.25) is 5.91 Å². The van der Waals surface area contributed by atoms with Gasteiger partial charge in [-0.1, -0.05) is 36.6 Å². The quantitative estimate of drug-likeness (QED) is 0.363. The Morgan fingerprint density at radius 3 is 2.50 bits per heavy atom. The van der Waals surface area contributed by atoms with Crippen LogP contribution >= 0.6 is 11.6 Å². The van der Waals surface area contributed by atoms with E-state index in [4.69, 9.17) is 16.0 Å². The predicted octanol–water partition coefficient (Wildman–Crippen LogP) is 5.08. The Balaban J connectivity index is 1.33. The Morgan fingerprint density at radius 1 is 1.15 bits per heavy atom. The van der Waals surface area contributed by atoms with Crippen molar-refractivity contribution >= 4 is 34.8 Å². The van der Waals surface area contributed by atoms with Crippen molar-refractivity contribution in [2.45, 2.75) is 53.0 Å². The third-order valence-electron chi connectivity index (χ3n) is 6.11. The maximum Gasteiger partial charge on any atom is 0.307 e. The molecule has 0 bridgehead atoms. The zero-order valence-electron chi connectivity index (χ0n) is 19.5. The number of carbonyl (C=O) groups is 2. The summed E-state index contributed by atoms with van der Waals surface area (Å²) in [5.41, 5.74) is 6.33. The zero-order valence-corrected chi connectivity index (χ0v) is 20.3. The molecule has 0 saturated heterocycles. The van der Waals surface area contributed by atoms with Crippen molar-refractivity contribution in [3.63, 3.8) is 0 Å². The van der Waals surface area contributed by atoms with Gasteiger partial charge < -0.3 is 9.73 Å². The topological polar surface area (TPSA) is 102 Å². The van der Waals surface area contributed by atoms with Crippen LogP contribution in [0.3, 0.4) is 0 Å². The number of halogens is 1. The molecule has 1 fully saturated rings. The fourth-order valence-corrected chi connectivity index (χ4v) is 4.18. The normalized spacial score (nSPS) is 14.4. The smallest absolute Gasteiger partial charge is 0.307 e. The van der Waals surface area contributed by atoms with Gasteiger partial charge in [-0.25, -0.2) is 5.43 Å². The van der Waals surface area contributed by atoms with E-state index in [0.717, 1.165) is 48.3 Å². The molecule has 0 atom stereocenters. The molecule has 1 aromatic carbocycles. The van der Waals surface area contributed by atoms with E-state index in [9.17, 15) is 9.59 Å². The molecule has 2 amide bonds. The van der Waals surface area contributed by atoms with E-state index in [1.807, 2.05) is 38.1 Å². The van der Waals surface area contributed by atoms with Crippen molar-refractivity contribution in [1.82, 2.24) is 15.2 Å². The molecule has 34 heavy (non-hydrogen) atoms.